The van der Waals surface area contributed by atoms with Crippen LogP contribution in [0.25, 0.3) is 5.76 Å². The number of hydrogen-bond acceptors (Lipinski definition) is 6. The Hall–Kier alpha value is -3.48. The third-order valence-electron chi connectivity index (χ3n) is 4.14. The van der Waals surface area contributed by atoms with E-state index in [1.54, 1.807) is 6.08 Å². The molecule has 2 aliphatic rings. The molecule has 2 heterocycles. The van der Waals surface area contributed by atoms with Gasteiger partial charge in [-0.3, -0.25) is 15.1 Å². The number of amidine groups is 2. The highest BCUT2D eigenvalue weighted by Crippen LogP contribution is 2.29. The van der Waals surface area contributed by atoms with Crippen molar-refractivity contribution in [2.75, 3.05) is 13.1 Å². The number of nitro groups is 1. The highest BCUT2D eigenvalue weighted by atomic mass is 16.6. The summed E-state index contributed by atoms with van der Waals surface area (Å²) in [6.45, 7) is 1.38. The second kappa shape index (κ2) is 5.86. The van der Waals surface area contributed by atoms with Crippen molar-refractivity contribution in [3.63, 3.8) is 0 Å². The molecule has 1 N–H and O–H groups in total. The highest BCUT2D eigenvalue weighted by Gasteiger charge is 2.28. The Morgan fingerprint density at radius 2 is 1.96 bits per heavy atom. The summed E-state index contributed by atoms with van der Waals surface area (Å²) in [6, 6.07) is 13.5. The summed E-state index contributed by atoms with van der Waals surface area (Å²) in [4.78, 5) is 21.4. The molecule has 2 aromatic rings. The molecule has 0 radical (unpaired) electrons. The topological polar surface area (TPSA) is 91.3 Å². The number of non-ortho nitro benzene ring substituents is 1. The third kappa shape index (κ3) is 2.65. The number of aliphatic hydroxyl groups excluding tert-OH is 1. The lowest BCUT2D eigenvalue weighted by Crippen LogP contribution is -2.36. The van der Waals surface area contributed by atoms with Crippen molar-refractivity contribution < 1.29 is 10.0 Å². The van der Waals surface area contributed by atoms with Crippen molar-refractivity contribution in [1.82, 2.24) is 4.90 Å². The standard InChI is InChI=1S/C18H14N4O3/c23-16(12-5-7-13(8-6-12)22(24)25)11-17-20-15-4-2-1-3-14(15)18-19-9-10-21(17)18/h1-8,11,23H,9-10H2/b16-11-. The Balaban J connectivity index is 1.71. The maximum atomic E-state index is 10.7. The molecule has 2 aliphatic heterocycles. The molecule has 0 saturated heterocycles. The molecule has 0 aromatic heterocycles. The van der Waals surface area contributed by atoms with Crippen LogP contribution in [-0.4, -0.2) is 39.7 Å². The zero-order valence-corrected chi connectivity index (χ0v) is 13.2. The second-order valence-corrected chi connectivity index (χ2v) is 5.68. The molecule has 0 amide bonds. The van der Waals surface area contributed by atoms with Gasteiger partial charge in [-0.25, -0.2) is 4.99 Å². The number of benzene rings is 2. The molecule has 0 bridgehead atoms. The van der Waals surface area contributed by atoms with Crippen molar-refractivity contribution in [3.8, 4) is 0 Å². The molecule has 0 aliphatic carbocycles. The number of aliphatic hydroxyl groups is 1. The Morgan fingerprint density at radius 3 is 2.72 bits per heavy atom. The summed E-state index contributed by atoms with van der Waals surface area (Å²) in [5, 5.41) is 21.1. The van der Waals surface area contributed by atoms with E-state index in [-0.39, 0.29) is 11.4 Å². The molecule has 2 aromatic carbocycles. The largest absolute Gasteiger partial charge is 0.507 e. The Morgan fingerprint density at radius 1 is 1.20 bits per heavy atom. The van der Waals surface area contributed by atoms with Crippen LogP contribution < -0.4 is 0 Å². The van der Waals surface area contributed by atoms with Crippen LogP contribution in [0.5, 0.6) is 0 Å². The summed E-state index contributed by atoms with van der Waals surface area (Å²) >= 11 is 0. The zero-order valence-electron chi connectivity index (χ0n) is 13.2. The first-order valence-corrected chi connectivity index (χ1v) is 7.79. The van der Waals surface area contributed by atoms with Gasteiger partial charge in [-0.1, -0.05) is 12.1 Å². The van der Waals surface area contributed by atoms with Crippen molar-refractivity contribution in [2.45, 2.75) is 0 Å². The van der Waals surface area contributed by atoms with Crippen molar-refractivity contribution in [2.24, 2.45) is 9.98 Å². The molecule has 0 fully saturated rings. The van der Waals surface area contributed by atoms with Crippen LogP contribution >= 0.6 is 0 Å². The molecule has 25 heavy (non-hydrogen) atoms. The van der Waals surface area contributed by atoms with E-state index in [0.717, 1.165) is 17.1 Å². The molecule has 7 heteroatoms. The van der Waals surface area contributed by atoms with Gasteiger partial charge < -0.3 is 10.0 Å². The van der Waals surface area contributed by atoms with Crippen LogP contribution in [0.4, 0.5) is 11.4 Å². The lowest BCUT2D eigenvalue weighted by atomic mass is 10.1. The first kappa shape index (κ1) is 15.1. The summed E-state index contributed by atoms with van der Waals surface area (Å²) in [5.74, 6) is 1.46. The summed E-state index contributed by atoms with van der Waals surface area (Å²) in [6.07, 6.45) is 1.57. The molecule has 0 saturated carbocycles. The maximum Gasteiger partial charge on any atom is 0.269 e. The predicted octanol–water partition coefficient (Wildman–Crippen LogP) is 3.30. The number of fused-ring (bicyclic) bond motifs is 3. The van der Waals surface area contributed by atoms with Crippen molar-refractivity contribution in [1.29, 1.82) is 0 Å². The number of rotatable bonds is 3. The first-order valence-electron chi connectivity index (χ1n) is 7.79. The van der Waals surface area contributed by atoms with Gasteiger partial charge >= 0.3 is 0 Å². The quantitative estimate of drug-likeness (QED) is 0.529. The number of para-hydroxylation sites is 1. The maximum absolute atomic E-state index is 10.7. The van der Waals surface area contributed by atoms with E-state index in [9.17, 15) is 15.2 Å². The van der Waals surface area contributed by atoms with Crippen LogP contribution in [-0.2, 0) is 0 Å². The predicted molar refractivity (Wildman–Crippen MR) is 95.3 cm³/mol. The molecule has 0 unspecified atom stereocenters. The van der Waals surface area contributed by atoms with Gasteiger partial charge in [0.15, 0.2) is 0 Å². The minimum atomic E-state index is -0.473. The molecular formula is C18H14N4O3. The fourth-order valence-electron chi connectivity index (χ4n) is 2.91. The summed E-state index contributed by atoms with van der Waals surface area (Å²) < 4.78 is 0. The van der Waals surface area contributed by atoms with E-state index in [2.05, 4.69) is 9.98 Å². The van der Waals surface area contributed by atoms with E-state index >= 15 is 0 Å². The minimum absolute atomic E-state index is 0.000668. The number of nitro benzene ring substituents is 1. The van der Waals surface area contributed by atoms with E-state index < -0.39 is 4.92 Å². The number of hydrogen-bond donors (Lipinski definition) is 1. The Bertz CT molecular complexity index is 945. The Kier molecular flexibility index (Phi) is 3.53. The molecular weight excluding hydrogens is 320 g/mol. The van der Waals surface area contributed by atoms with Gasteiger partial charge in [0.2, 0.25) is 0 Å². The lowest BCUT2D eigenvalue weighted by molar-refractivity contribution is -0.384. The summed E-state index contributed by atoms with van der Waals surface area (Å²) in [5.41, 5.74) is 2.26. The Labute approximate surface area is 143 Å². The normalized spacial score (nSPS) is 16.0. The SMILES string of the molecule is O=[N+]([O-])c1ccc(/C(O)=C/C2=Nc3ccccc3C3=NCCN23)cc1. The fourth-order valence-corrected chi connectivity index (χ4v) is 2.91. The van der Waals surface area contributed by atoms with Gasteiger partial charge in [0.1, 0.15) is 17.4 Å². The number of nitrogens with zero attached hydrogens (tertiary/aromatic N) is 4. The van der Waals surface area contributed by atoms with Crippen molar-refractivity contribution in [3.05, 3.63) is 75.8 Å². The molecule has 4 rings (SSSR count). The molecule has 0 spiro atoms. The second-order valence-electron chi connectivity index (χ2n) is 5.68. The molecule has 124 valence electrons. The van der Waals surface area contributed by atoms with Crippen LogP contribution in [0.3, 0.4) is 0 Å². The minimum Gasteiger partial charge on any atom is -0.507 e. The van der Waals surface area contributed by atoms with Gasteiger partial charge in [-0.05, 0) is 24.3 Å². The van der Waals surface area contributed by atoms with Gasteiger partial charge in [-0.15, -0.1) is 0 Å². The van der Waals surface area contributed by atoms with Crippen LogP contribution in [0.15, 0.2) is 64.6 Å². The van der Waals surface area contributed by atoms with Crippen molar-refractivity contribution >= 4 is 28.8 Å². The number of aliphatic imine (C=N–C) groups is 2. The van der Waals surface area contributed by atoms with E-state index in [1.165, 1.54) is 24.3 Å². The monoisotopic (exact) mass is 334 g/mol. The fraction of sp³-hybridized carbons (Fsp3) is 0.111. The third-order valence-corrected chi connectivity index (χ3v) is 4.14. The first-order chi connectivity index (χ1) is 12.1. The van der Waals surface area contributed by atoms with E-state index in [0.29, 0.717) is 24.5 Å². The molecule has 0 atom stereocenters. The average molecular weight is 334 g/mol. The van der Waals surface area contributed by atoms with Crippen LogP contribution in [0.2, 0.25) is 0 Å². The van der Waals surface area contributed by atoms with Gasteiger partial charge in [0.25, 0.3) is 5.69 Å². The lowest BCUT2D eigenvalue weighted by Gasteiger charge is -2.25. The van der Waals surface area contributed by atoms with Gasteiger partial charge in [0.05, 0.1) is 17.2 Å². The van der Waals surface area contributed by atoms with Gasteiger partial charge in [-0.2, -0.15) is 0 Å². The molecule has 7 nitrogen and oxygen atoms in total. The summed E-state index contributed by atoms with van der Waals surface area (Å²) in [7, 11) is 0. The zero-order chi connectivity index (χ0) is 17.4. The average Bonchev–Trinajstić information content (AvgIpc) is 3.12. The van der Waals surface area contributed by atoms with Crippen LogP contribution in [0.1, 0.15) is 11.1 Å². The van der Waals surface area contributed by atoms with E-state index in [1.807, 2.05) is 29.2 Å². The smallest absolute Gasteiger partial charge is 0.269 e. The van der Waals surface area contributed by atoms with Crippen LogP contribution in [0, 0.1) is 10.1 Å². The highest BCUT2D eigenvalue weighted by molar-refractivity contribution is 6.19. The van der Waals surface area contributed by atoms with Gasteiger partial charge in [0, 0.05) is 35.9 Å². The van der Waals surface area contributed by atoms with E-state index in [4.69, 9.17) is 0 Å².